The second-order valence-electron chi connectivity index (χ2n) is 10.2. The molecule has 1 saturated heterocycles. The molecule has 1 heterocycles. The third-order valence-corrected chi connectivity index (χ3v) is 7.31. The van der Waals surface area contributed by atoms with Gasteiger partial charge in [-0.25, -0.2) is 4.39 Å². The van der Waals surface area contributed by atoms with Crippen LogP contribution in [0.4, 0.5) is 4.39 Å². The van der Waals surface area contributed by atoms with Crippen LogP contribution in [0, 0.1) is 12.7 Å². The second kappa shape index (κ2) is 15.2. The van der Waals surface area contributed by atoms with E-state index in [-0.39, 0.29) is 37.0 Å². The summed E-state index contributed by atoms with van der Waals surface area (Å²) >= 11 is 0. The molecule has 6 nitrogen and oxygen atoms in total. The Bertz CT molecular complexity index is 1030. The lowest BCUT2D eigenvalue weighted by atomic mass is 9.95. The van der Waals surface area contributed by atoms with Crippen molar-refractivity contribution in [2.45, 2.75) is 84.0 Å². The lowest BCUT2D eigenvalue weighted by Crippen LogP contribution is -2.39. The monoisotopic (exact) mass is 529 g/mol. The zero-order valence-corrected chi connectivity index (χ0v) is 23.4. The first-order valence-corrected chi connectivity index (χ1v) is 14.0. The molecule has 0 aliphatic carbocycles. The Morgan fingerprint density at radius 3 is 2.76 bits per heavy atom. The van der Waals surface area contributed by atoms with Crippen LogP contribution in [-0.4, -0.2) is 61.5 Å². The van der Waals surface area contributed by atoms with Gasteiger partial charge in [-0.05, 0) is 81.3 Å². The number of halogens is 1. The highest BCUT2D eigenvalue weighted by atomic mass is 19.1. The number of carbonyl (C=O) groups is 1. The van der Waals surface area contributed by atoms with E-state index in [4.69, 9.17) is 14.2 Å². The van der Waals surface area contributed by atoms with E-state index in [1.54, 1.807) is 27.0 Å². The molecule has 1 fully saturated rings. The number of esters is 1. The number of rotatable bonds is 15. The van der Waals surface area contributed by atoms with E-state index in [1.165, 1.54) is 0 Å². The van der Waals surface area contributed by atoms with Gasteiger partial charge in [0, 0.05) is 24.6 Å². The van der Waals surface area contributed by atoms with Crippen LogP contribution in [0.5, 0.6) is 5.75 Å². The highest BCUT2D eigenvalue weighted by Gasteiger charge is 2.27. The van der Waals surface area contributed by atoms with Crippen LogP contribution < -0.4 is 4.74 Å². The van der Waals surface area contributed by atoms with E-state index in [9.17, 15) is 14.3 Å². The number of carbonyl (C=O) groups excluding carboxylic acids is 1. The average Bonchev–Trinajstić information content (AvgIpc) is 3.33. The summed E-state index contributed by atoms with van der Waals surface area (Å²) in [5.74, 6) is 0.326. The zero-order chi connectivity index (χ0) is 27.5. The number of nitrogens with zero attached hydrogens (tertiary/aromatic N) is 1. The van der Waals surface area contributed by atoms with Crippen molar-refractivity contribution in [3.63, 3.8) is 0 Å². The minimum Gasteiger partial charge on any atom is -0.496 e. The van der Waals surface area contributed by atoms with Crippen molar-refractivity contribution < 1.29 is 28.5 Å². The van der Waals surface area contributed by atoms with Crippen LogP contribution in [0.15, 0.2) is 36.4 Å². The highest BCUT2D eigenvalue weighted by Crippen LogP contribution is 2.33. The Balaban J connectivity index is 1.63. The molecule has 0 bridgehead atoms. The lowest BCUT2D eigenvalue weighted by Gasteiger charge is -2.28. The second-order valence-corrected chi connectivity index (χ2v) is 10.2. The Labute approximate surface area is 227 Å². The molecular weight excluding hydrogens is 485 g/mol. The molecule has 1 aliphatic rings. The number of ether oxygens (including phenoxy) is 3. The SMILES string of the molecule is CCC[C@@H](OC[C@H](O)CN1CCC[C@H]1Cc1ccc(C)c(F)c1)c1cccc(OC)c1CCC(=O)OCC. The van der Waals surface area contributed by atoms with Crippen molar-refractivity contribution >= 4 is 5.97 Å². The van der Waals surface area contributed by atoms with Crippen LogP contribution in [0.2, 0.25) is 0 Å². The van der Waals surface area contributed by atoms with Crippen LogP contribution in [0.1, 0.15) is 74.3 Å². The fourth-order valence-corrected chi connectivity index (χ4v) is 5.35. The van der Waals surface area contributed by atoms with Gasteiger partial charge in [-0.15, -0.1) is 0 Å². The molecule has 3 atom stereocenters. The summed E-state index contributed by atoms with van der Waals surface area (Å²) < 4.78 is 31.1. The normalized spacial score (nSPS) is 17.4. The summed E-state index contributed by atoms with van der Waals surface area (Å²) in [6.45, 7) is 7.69. The van der Waals surface area contributed by atoms with Gasteiger partial charge in [0.25, 0.3) is 0 Å². The molecule has 2 aromatic rings. The van der Waals surface area contributed by atoms with Gasteiger partial charge >= 0.3 is 5.97 Å². The number of hydrogen-bond donors (Lipinski definition) is 1. The van der Waals surface area contributed by atoms with Crippen molar-refractivity contribution in [1.29, 1.82) is 0 Å². The Morgan fingerprint density at radius 1 is 1.24 bits per heavy atom. The number of aliphatic hydroxyl groups is 1. The van der Waals surface area contributed by atoms with E-state index in [0.29, 0.717) is 25.1 Å². The molecule has 0 spiro atoms. The molecule has 0 unspecified atom stereocenters. The van der Waals surface area contributed by atoms with Gasteiger partial charge in [-0.3, -0.25) is 9.69 Å². The third kappa shape index (κ3) is 8.52. The Kier molecular flexibility index (Phi) is 12.0. The summed E-state index contributed by atoms with van der Waals surface area (Å²) in [7, 11) is 1.63. The minimum atomic E-state index is -0.640. The molecule has 1 N–H and O–H groups in total. The number of methoxy groups -OCH3 is 1. The summed E-state index contributed by atoms with van der Waals surface area (Å²) in [6, 6.07) is 11.6. The largest absolute Gasteiger partial charge is 0.496 e. The van der Waals surface area contributed by atoms with Gasteiger partial charge < -0.3 is 19.3 Å². The van der Waals surface area contributed by atoms with Crippen molar-refractivity contribution in [3.05, 3.63) is 64.5 Å². The van der Waals surface area contributed by atoms with E-state index < -0.39 is 6.10 Å². The zero-order valence-electron chi connectivity index (χ0n) is 23.4. The molecule has 0 aromatic heterocycles. The molecule has 7 heteroatoms. The number of likely N-dealkylation sites (tertiary alicyclic amines) is 1. The molecule has 0 amide bonds. The van der Waals surface area contributed by atoms with Crippen LogP contribution in [0.25, 0.3) is 0 Å². The first kappa shape index (κ1) is 30.1. The average molecular weight is 530 g/mol. The first-order valence-electron chi connectivity index (χ1n) is 14.0. The molecule has 3 rings (SSSR count). The molecule has 0 saturated carbocycles. The van der Waals surface area contributed by atoms with Crippen molar-refractivity contribution in [3.8, 4) is 5.75 Å². The molecule has 38 heavy (non-hydrogen) atoms. The van der Waals surface area contributed by atoms with E-state index in [2.05, 4.69) is 11.8 Å². The maximum atomic E-state index is 14.0. The number of hydrogen-bond acceptors (Lipinski definition) is 6. The van der Waals surface area contributed by atoms with Crippen LogP contribution in [-0.2, 0) is 27.1 Å². The van der Waals surface area contributed by atoms with Crippen molar-refractivity contribution in [1.82, 2.24) is 4.90 Å². The summed E-state index contributed by atoms with van der Waals surface area (Å²) in [5, 5.41) is 10.9. The lowest BCUT2D eigenvalue weighted by molar-refractivity contribution is -0.143. The van der Waals surface area contributed by atoms with Crippen molar-refractivity contribution in [2.75, 3.05) is 33.4 Å². The van der Waals surface area contributed by atoms with Gasteiger partial charge in [0.1, 0.15) is 11.6 Å². The highest BCUT2D eigenvalue weighted by molar-refractivity contribution is 5.70. The number of benzene rings is 2. The predicted molar refractivity (Wildman–Crippen MR) is 147 cm³/mol. The van der Waals surface area contributed by atoms with Gasteiger partial charge in [0.05, 0.1) is 32.5 Å². The van der Waals surface area contributed by atoms with Crippen molar-refractivity contribution in [2.24, 2.45) is 0 Å². The molecule has 210 valence electrons. The standard InChI is InChI=1S/C31H44FNO5/c1-5-9-30(26-11-7-12-29(36-4)27(26)15-16-31(35)37-6-2)38-21-25(34)20-33-17-8-10-24(33)18-23-14-13-22(3)28(32)19-23/h7,11-14,19,24-25,30,34H,5-6,8-10,15-18,20-21H2,1-4H3/t24-,25+,30+/m0/s1. The fourth-order valence-electron chi connectivity index (χ4n) is 5.35. The number of β-amino-alcohol motifs (C(OH)–C–C–N with tert-alkyl or cyclic N) is 1. The summed E-state index contributed by atoms with van der Waals surface area (Å²) in [6.07, 6.45) is 4.49. The molecule has 0 radical (unpaired) electrons. The fraction of sp³-hybridized carbons (Fsp3) is 0.581. The number of aryl methyl sites for hydroxylation is 1. The van der Waals surface area contributed by atoms with Gasteiger partial charge in [-0.1, -0.05) is 37.6 Å². The van der Waals surface area contributed by atoms with E-state index in [0.717, 1.165) is 61.1 Å². The molecular formula is C31H44FNO5. The molecule has 2 aromatic carbocycles. The summed E-state index contributed by atoms with van der Waals surface area (Å²) in [5.41, 5.74) is 3.59. The maximum absolute atomic E-state index is 14.0. The minimum absolute atomic E-state index is 0.165. The predicted octanol–water partition coefficient (Wildman–Crippen LogP) is 5.56. The van der Waals surface area contributed by atoms with E-state index in [1.807, 2.05) is 30.3 Å². The topological polar surface area (TPSA) is 68.2 Å². The van der Waals surface area contributed by atoms with Crippen LogP contribution >= 0.6 is 0 Å². The van der Waals surface area contributed by atoms with Crippen LogP contribution in [0.3, 0.4) is 0 Å². The maximum Gasteiger partial charge on any atom is 0.306 e. The third-order valence-electron chi connectivity index (χ3n) is 7.31. The Hall–Kier alpha value is -2.48. The van der Waals surface area contributed by atoms with Gasteiger partial charge in [0.15, 0.2) is 0 Å². The quantitative estimate of drug-likeness (QED) is 0.305. The summed E-state index contributed by atoms with van der Waals surface area (Å²) in [4.78, 5) is 14.3. The molecule has 1 aliphatic heterocycles. The van der Waals surface area contributed by atoms with Gasteiger partial charge in [0.2, 0.25) is 0 Å². The number of aliphatic hydroxyl groups excluding tert-OH is 1. The van der Waals surface area contributed by atoms with Gasteiger partial charge in [-0.2, -0.15) is 0 Å². The Morgan fingerprint density at radius 2 is 2.05 bits per heavy atom. The first-order chi connectivity index (χ1) is 18.4. The smallest absolute Gasteiger partial charge is 0.306 e. The van der Waals surface area contributed by atoms with E-state index >= 15 is 0 Å².